The van der Waals surface area contributed by atoms with Gasteiger partial charge in [0.25, 0.3) is 5.91 Å². The smallest absolute Gasteiger partial charge is 0.338 e. The summed E-state index contributed by atoms with van der Waals surface area (Å²) >= 11 is 0. The third-order valence-corrected chi connectivity index (χ3v) is 3.33. The summed E-state index contributed by atoms with van der Waals surface area (Å²) in [4.78, 5) is 34.8. The van der Waals surface area contributed by atoms with E-state index in [1.54, 1.807) is 26.0 Å². The Bertz CT molecular complexity index is 586. The lowest BCUT2D eigenvalue weighted by atomic mass is 9.87. The van der Waals surface area contributed by atoms with E-state index < -0.39 is 24.0 Å². The Balaban J connectivity index is 2.87. The molecule has 6 nitrogen and oxygen atoms in total. The molecule has 23 heavy (non-hydrogen) atoms. The van der Waals surface area contributed by atoms with E-state index in [2.05, 4.69) is 20.8 Å². The van der Waals surface area contributed by atoms with Crippen molar-refractivity contribution in [1.29, 1.82) is 0 Å². The number of rotatable bonds is 4. The molecule has 0 radical (unpaired) electrons. The van der Waals surface area contributed by atoms with Crippen LogP contribution in [0.2, 0.25) is 0 Å². The van der Waals surface area contributed by atoms with Crippen molar-refractivity contribution in [2.24, 2.45) is 11.7 Å². The second-order valence-corrected chi connectivity index (χ2v) is 6.75. The molecule has 1 rings (SSSR count). The van der Waals surface area contributed by atoms with Crippen molar-refractivity contribution in [3.63, 3.8) is 0 Å². The highest BCUT2D eigenvalue weighted by atomic mass is 16.5. The highest BCUT2D eigenvalue weighted by molar-refractivity contribution is 5.98. The second kappa shape index (κ2) is 7.26. The minimum absolute atomic E-state index is 0.0235. The maximum Gasteiger partial charge on any atom is 0.338 e. The minimum Gasteiger partial charge on any atom is -0.448 e. The zero-order valence-corrected chi connectivity index (χ0v) is 14.2. The zero-order chi connectivity index (χ0) is 17.8. The summed E-state index contributed by atoms with van der Waals surface area (Å²) in [6.45, 7) is 9.64. The summed E-state index contributed by atoms with van der Waals surface area (Å²) in [7, 11) is 0. The van der Waals surface area contributed by atoms with Gasteiger partial charge in [-0.3, -0.25) is 10.1 Å². The van der Waals surface area contributed by atoms with Crippen LogP contribution in [0.15, 0.2) is 24.3 Å². The van der Waals surface area contributed by atoms with E-state index in [1.807, 2.05) is 17.4 Å². The Kier molecular flexibility index (Phi) is 5.90. The number of urea groups is 1. The van der Waals surface area contributed by atoms with E-state index in [1.165, 1.54) is 0 Å². The molecule has 1 aromatic carbocycles. The Hall–Kier alpha value is -2.37. The third kappa shape index (κ3) is 5.39. The monoisotopic (exact) mass is 320 g/mol. The highest BCUT2D eigenvalue weighted by Crippen LogP contribution is 2.22. The Morgan fingerprint density at radius 2 is 1.61 bits per heavy atom. The Labute approximate surface area is 136 Å². The number of ether oxygens (including phenoxy) is 1. The molecule has 3 N–H and O–H groups in total. The topological polar surface area (TPSA) is 98.5 Å². The SMILES string of the molecule is CC(C)[C@@H](OC(=O)c1ccc(C(C)(C)C)cc1)C(=O)NC(N)=O. The summed E-state index contributed by atoms with van der Waals surface area (Å²) in [5.41, 5.74) is 6.32. The molecule has 0 saturated carbocycles. The van der Waals surface area contributed by atoms with Crippen LogP contribution in [0.1, 0.15) is 50.5 Å². The van der Waals surface area contributed by atoms with Crippen LogP contribution in [-0.2, 0) is 14.9 Å². The van der Waals surface area contributed by atoms with Gasteiger partial charge in [0.15, 0.2) is 6.10 Å². The van der Waals surface area contributed by atoms with Crippen LogP contribution in [0.4, 0.5) is 4.79 Å². The number of hydrogen-bond acceptors (Lipinski definition) is 4. The molecular formula is C17H24N2O4. The fourth-order valence-corrected chi connectivity index (χ4v) is 1.97. The van der Waals surface area contributed by atoms with Crippen LogP contribution in [0.25, 0.3) is 0 Å². The maximum atomic E-state index is 12.2. The van der Waals surface area contributed by atoms with E-state index >= 15 is 0 Å². The third-order valence-electron chi connectivity index (χ3n) is 3.33. The van der Waals surface area contributed by atoms with E-state index in [0.29, 0.717) is 5.56 Å². The molecule has 0 aliphatic rings. The lowest BCUT2D eigenvalue weighted by Gasteiger charge is -2.21. The van der Waals surface area contributed by atoms with Crippen molar-refractivity contribution < 1.29 is 19.1 Å². The van der Waals surface area contributed by atoms with Gasteiger partial charge in [-0.25, -0.2) is 9.59 Å². The van der Waals surface area contributed by atoms with Crippen LogP contribution in [0.3, 0.4) is 0 Å². The van der Waals surface area contributed by atoms with Gasteiger partial charge in [-0.15, -0.1) is 0 Å². The highest BCUT2D eigenvalue weighted by Gasteiger charge is 2.28. The molecule has 0 spiro atoms. The summed E-state index contributed by atoms with van der Waals surface area (Å²) in [5.74, 6) is -1.65. The number of imide groups is 1. The number of carbonyl (C=O) groups is 3. The van der Waals surface area contributed by atoms with Gasteiger partial charge in [0.05, 0.1) is 5.56 Å². The number of carbonyl (C=O) groups excluding carboxylic acids is 3. The van der Waals surface area contributed by atoms with Crippen molar-refractivity contribution in [2.75, 3.05) is 0 Å². The lowest BCUT2D eigenvalue weighted by Crippen LogP contribution is -2.45. The van der Waals surface area contributed by atoms with E-state index in [0.717, 1.165) is 5.56 Å². The Morgan fingerprint density at radius 1 is 1.09 bits per heavy atom. The number of nitrogens with two attached hydrogens (primary N) is 1. The fourth-order valence-electron chi connectivity index (χ4n) is 1.97. The molecule has 0 aliphatic carbocycles. The van der Waals surface area contributed by atoms with Gasteiger partial charge < -0.3 is 10.5 Å². The zero-order valence-electron chi connectivity index (χ0n) is 14.2. The maximum absolute atomic E-state index is 12.2. The molecule has 126 valence electrons. The average molecular weight is 320 g/mol. The normalized spacial score (nSPS) is 12.6. The molecule has 0 unspecified atom stereocenters. The number of primary amides is 1. The number of esters is 1. The van der Waals surface area contributed by atoms with Crippen molar-refractivity contribution in [2.45, 2.75) is 46.1 Å². The van der Waals surface area contributed by atoms with E-state index in [9.17, 15) is 14.4 Å². The van der Waals surface area contributed by atoms with Crippen LogP contribution >= 0.6 is 0 Å². The molecule has 3 amide bonds. The molecule has 1 aromatic rings. The van der Waals surface area contributed by atoms with E-state index in [-0.39, 0.29) is 11.3 Å². The minimum atomic E-state index is -1.09. The first-order chi connectivity index (χ1) is 10.5. The van der Waals surface area contributed by atoms with Crippen molar-refractivity contribution in [3.05, 3.63) is 35.4 Å². The van der Waals surface area contributed by atoms with Crippen LogP contribution in [0, 0.1) is 5.92 Å². The van der Waals surface area contributed by atoms with Crippen molar-refractivity contribution >= 4 is 17.9 Å². The van der Waals surface area contributed by atoms with Gasteiger partial charge in [0.2, 0.25) is 0 Å². The predicted molar refractivity (Wildman–Crippen MR) is 86.9 cm³/mol. The van der Waals surface area contributed by atoms with Crippen molar-refractivity contribution in [1.82, 2.24) is 5.32 Å². The van der Waals surface area contributed by atoms with E-state index in [4.69, 9.17) is 10.5 Å². The largest absolute Gasteiger partial charge is 0.448 e. The fraction of sp³-hybridized carbons (Fsp3) is 0.471. The molecule has 0 aliphatic heterocycles. The molecule has 6 heteroatoms. The first-order valence-corrected chi connectivity index (χ1v) is 7.44. The summed E-state index contributed by atoms with van der Waals surface area (Å²) in [6.07, 6.45) is -1.09. The van der Waals surface area contributed by atoms with Gasteiger partial charge in [-0.05, 0) is 29.0 Å². The summed E-state index contributed by atoms with van der Waals surface area (Å²) in [5, 5.41) is 1.93. The summed E-state index contributed by atoms with van der Waals surface area (Å²) in [6, 6.07) is 6.04. The molecule has 0 bridgehead atoms. The van der Waals surface area contributed by atoms with Crippen molar-refractivity contribution in [3.8, 4) is 0 Å². The molecule has 0 saturated heterocycles. The quantitative estimate of drug-likeness (QED) is 0.832. The average Bonchev–Trinajstić information content (AvgIpc) is 2.42. The number of hydrogen-bond donors (Lipinski definition) is 2. The molecule has 0 aromatic heterocycles. The second-order valence-electron chi connectivity index (χ2n) is 6.75. The predicted octanol–water partition coefficient (Wildman–Crippen LogP) is 2.36. The van der Waals surface area contributed by atoms with Crippen LogP contribution in [-0.4, -0.2) is 24.0 Å². The molecule has 0 heterocycles. The number of nitrogens with one attached hydrogen (secondary N) is 1. The molecule has 1 atom stereocenters. The lowest BCUT2D eigenvalue weighted by molar-refractivity contribution is -0.130. The van der Waals surface area contributed by atoms with Gasteiger partial charge in [-0.1, -0.05) is 46.8 Å². The van der Waals surface area contributed by atoms with Crippen LogP contribution in [0.5, 0.6) is 0 Å². The molecular weight excluding hydrogens is 296 g/mol. The van der Waals surface area contributed by atoms with Gasteiger partial charge in [0.1, 0.15) is 0 Å². The summed E-state index contributed by atoms with van der Waals surface area (Å²) < 4.78 is 5.23. The number of benzene rings is 1. The van der Waals surface area contributed by atoms with Gasteiger partial charge >= 0.3 is 12.0 Å². The first-order valence-electron chi connectivity index (χ1n) is 7.44. The number of amides is 3. The standard InChI is InChI=1S/C17H24N2O4/c1-10(2)13(14(20)19-16(18)22)23-15(21)11-6-8-12(9-7-11)17(3,4)5/h6-10,13H,1-5H3,(H3,18,19,20,22)/t13-/m1/s1. The van der Waals surface area contributed by atoms with Crippen LogP contribution < -0.4 is 11.1 Å². The van der Waals surface area contributed by atoms with Gasteiger partial charge in [0, 0.05) is 0 Å². The first kappa shape index (κ1) is 18.7. The Morgan fingerprint density at radius 3 is 2.00 bits per heavy atom. The van der Waals surface area contributed by atoms with Gasteiger partial charge in [-0.2, -0.15) is 0 Å². The molecule has 0 fully saturated rings.